The van der Waals surface area contributed by atoms with Crippen molar-refractivity contribution in [2.75, 3.05) is 11.4 Å². The van der Waals surface area contributed by atoms with E-state index in [4.69, 9.17) is 11.6 Å². The Morgan fingerprint density at radius 2 is 1.87 bits per heavy atom. The Balaban J connectivity index is 1.50. The summed E-state index contributed by atoms with van der Waals surface area (Å²) in [5, 5.41) is 3.61. The van der Waals surface area contributed by atoms with Gasteiger partial charge in [0.15, 0.2) is 5.15 Å². The highest BCUT2D eigenvalue weighted by Gasteiger charge is 2.40. The molecule has 2 aromatic carbocycles. The second kappa shape index (κ2) is 9.49. The van der Waals surface area contributed by atoms with Crippen LogP contribution in [0.15, 0.2) is 70.5 Å². The van der Waals surface area contributed by atoms with Gasteiger partial charge in [0.1, 0.15) is 24.4 Å². The Labute approximate surface area is 219 Å². The van der Waals surface area contributed by atoms with E-state index in [0.717, 1.165) is 15.3 Å². The molecule has 14 heteroatoms. The molecule has 0 N–H and O–H groups in total. The minimum atomic E-state index is -4.08. The van der Waals surface area contributed by atoms with Crippen molar-refractivity contribution in [3.8, 4) is 5.75 Å². The largest absolute Gasteiger partial charge is 0.535 e. The fourth-order valence-corrected chi connectivity index (χ4v) is 5.80. The number of fused-ring (bicyclic) bond motifs is 2. The molecule has 1 radical (unpaired) electrons. The van der Waals surface area contributed by atoms with Crippen molar-refractivity contribution in [2.45, 2.75) is 24.7 Å². The molecule has 0 fully saturated rings. The van der Waals surface area contributed by atoms with Gasteiger partial charge < -0.3 is 9.64 Å². The summed E-state index contributed by atoms with van der Waals surface area (Å²) in [6.07, 6.45) is -2.66. The van der Waals surface area contributed by atoms with Crippen molar-refractivity contribution >= 4 is 44.1 Å². The van der Waals surface area contributed by atoms with E-state index in [-0.39, 0.29) is 44.5 Å². The van der Waals surface area contributed by atoms with Gasteiger partial charge in [0.2, 0.25) is 5.91 Å². The first-order valence-electron chi connectivity index (χ1n) is 11.1. The summed E-state index contributed by atoms with van der Waals surface area (Å²) in [6, 6.07) is 13.1. The smallest absolute Gasteiger partial charge is 0.409 e. The number of nitrogens with zero attached hydrogens (tertiary/aromatic N) is 4. The number of alkyl halides is 2. The van der Waals surface area contributed by atoms with Crippen LogP contribution in [-0.2, 0) is 26.1 Å². The molecule has 1 aliphatic heterocycles. The second-order valence-corrected chi connectivity index (χ2v) is 10.2. The molecule has 1 aliphatic rings. The van der Waals surface area contributed by atoms with Crippen molar-refractivity contribution in [2.24, 2.45) is 0 Å². The molecule has 10 nitrogen and oxygen atoms in total. The Kier molecular flexibility index (Phi) is 6.45. The van der Waals surface area contributed by atoms with Crippen molar-refractivity contribution in [1.29, 1.82) is 0 Å². The van der Waals surface area contributed by atoms with Crippen molar-refractivity contribution < 1.29 is 31.5 Å². The van der Waals surface area contributed by atoms with E-state index < -0.39 is 34.3 Å². The number of hydrogen-bond acceptors (Lipinski definition) is 7. The quantitative estimate of drug-likeness (QED) is 0.352. The number of anilines is 1. The zero-order chi connectivity index (χ0) is 27.2. The van der Waals surface area contributed by atoms with Crippen LogP contribution >= 0.6 is 11.6 Å². The molecule has 0 bridgehead atoms. The topological polar surface area (TPSA) is 113 Å². The average molecular weight is 564 g/mol. The third-order valence-electron chi connectivity index (χ3n) is 5.80. The number of aromatic nitrogens is 3. The van der Waals surface area contributed by atoms with Crippen molar-refractivity contribution in [3.05, 3.63) is 88.5 Å². The molecule has 0 spiro atoms. The molecule has 0 saturated heterocycles. The van der Waals surface area contributed by atoms with Gasteiger partial charge in [0, 0.05) is 12.7 Å². The van der Waals surface area contributed by atoms with Crippen LogP contribution < -0.4 is 15.2 Å². The van der Waals surface area contributed by atoms with Crippen LogP contribution in [-0.4, -0.2) is 40.9 Å². The minimum Gasteiger partial charge on any atom is -0.409 e. The van der Waals surface area contributed by atoms with Gasteiger partial charge in [-0.3, -0.25) is 14.3 Å². The van der Waals surface area contributed by atoms with E-state index >= 15 is 0 Å². The van der Waals surface area contributed by atoms with Gasteiger partial charge in [0.05, 0.1) is 21.5 Å². The summed E-state index contributed by atoms with van der Waals surface area (Å²) in [4.78, 5) is 27.6. The Hall–Kier alpha value is -3.81. The lowest BCUT2D eigenvalue weighted by Crippen LogP contribution is -2.39. The summed E-state index contributed by atoms with van der Waals surface area (Å²) >= 11 is 6.32. The standard InChI is InChI=1S/C24H18ClF2N4O6S/c1-2-29(18-9-6-10-19-17(18)14-36-24(26,27)37-19)20(32)13-30-23(33)16-11-12-31(21(16)22(25)28-30)38(34,35)15-7-4-3-5-8-15/h3-12,14H,2,13H2,1H3. The fraction of sp³-hybridized carbons (Fsp3) is 0.167. The number of carbonyl (C=O) groups excluding carboxylic acids is 1. The van der Waals surface area contributed by atoms with Gasteiger partial charge in [0.25, 0.3) is 15.6 Å². The van der Waals surface area contributed by atoms with Crippen LogP contribution in [0.25, 0.3) is 10.9 Å². The summed E-state index contributed by atoms with van der Waals surface area (Å²) in [6.45, 7) is 1.99. The second-order valence-electron chi connectivity index (χ2n) is 8.07. The third kappa shape index (κ3) is 4.42. The third-order valence-corrected chi connectivity index (χ3v) is 7.74. The van der Waals surface area contributed by atoms with Crippen LogP contribution in [0.2, 0.25) is 5.15 Å². The molecule has 0 atom stereocenters. The van der Waals surface area contributed by atoms with Crippen LogP contribution in [0, 0.1) is 6.61 Å². The number of benzene rings is 2. The molecule has 2 aromatic heterocycles. The maximum Gasteiger partial charge on any atom is 0.535 e. The zero-order valence-corrected chi connectivity index (χ0v) is 21.1. The highest BCUT2D eigenvalue weighted by atomic mass is 35.5. The summed E-state index contributed by atoms with van der Waals surface area (Å²) in [7, 11) is -4.08. The molecular weight excluding hydrogens is 546 g/mol. The molecule has 4 aromatic rings. The SMILES string of the molecule is CCN(C(=O)Cn1nc(Cl)c2c(ccn2S(=O)(=O)c2ccccc2)c1=O)c1cccc2c1[CH]OC(F)(F)O2. The van der Waals surface area contributed by atoms with Gasteiger partial charge in [-0.05, 0) is 37.3 Å². The number of likely N-dealkylation sites (N-methyl/N-ethyl adjacent to an activating group) is 1. The molecule has 0 aliphatic carbocycles. The highest BCUT2D eigenvalue weighted by molar-refractivity contribution is 7.90. The molecular formula is C24H18ClF2N4O6S. The monoisotopic (exact) mass is 563 g/mol. The minimum absolute atomic E-state index is 0.0137. The Morgan fingerprint density at radius 3 is 2.58 bits per heavy atom. The Morgan fingerprint density at radius 1 is 1.13 bits per heavy atom. The van der Waals surface area contributed by atoms with Crippen LogP contribution in [0.3, 0.4) is 0 Å². The van der Waals surface area contributed by atoms with E-state index in [1.54, 1.807) is 25.1 Å². The molecule has 38 heavy (non-hydrogen) atoms. The molecule has 1 amide bonds. The predicted molar refractivity (Wildman–Crippen MR) is 133 cm³/mol. The van der Waals surface area contributed by atoms with Crippen molar-refractivity contribution in [1.82, 2.24) is 13.8 Å². The lowest BCUT2D eigenvalue weighted by molar-refractivity contribution is -0.344. The highest BCUT2D eigenvalue weighted by Crippen LogP contribution is 2.39. The number of ether oxygens (including phenoxy) is 2. The number of hydrogen-bond donors (Lipinski definition) is 0. The van der Waals surface area contributed by atoms with E-state index in [1.165, 1.54) is 47.5 Å². The predicted octanol–water partition coefficient (Wildman–Crippen LogP) is 3.61. The maximum atomic E-state index is 13.5. The molecule has 5 rings (SSSR count). The number of halogens is 3. The lowest BCUT2D eigenvalue weighted by Gasteiger charge is -2.29. The lowest BCUT2D eigenvalue weighted by atomic mass is 10.1. The summed E-state index contributed by atoms with van der Waals surface area (Å²) in [5.74, 6) is -0.807. The number of amides is 1. The summed E-state index contributed by atoms with van der Waals surface area (Å²) in [5.41, 5.74) is -0.543. The molecule has 3 heterocycles. The normalized spacial score (nSPS) is 14.6. The summed E-state index contributed by atoms with van der Waals surface area (Å²) < 4.78 is 63.7. The van der Waals surface area contributed by atoms with Gasteiger partial charge in [-0.25, -0.2) is 17.1 Å². The fourth-order valence-electron chi connectivity index (χ4n) is 4.09. The molecule has 0 saturated carbocycles. The average Bonchev–Trinajstić information content (AvgIpc) is 3.35. The van der Waals surface area contributed by atoms with E-state index in [9.17, 15) is 26.8 Å². The van der Waals surface area contributed by atoms with Crippen molar-refractivity contribution in [3.63, 3.8) is 0 Å². The number of rotatable bonds is 6. The van der Waals surface area contributed by atoms with Gasteiger partial charge in [-0.2, -0.15) is 5.10 Å². The van der Waals surface area contributed by atoms with Crippen LogP contribution in [0.4, 0.5) is 14.5 Å². The van der Waals surface area contributed by atoms with E-state index in [1.807, 2.05) is 0 Å². The first-order chi connectivity index (χ1) is 18.0. The van der Waals surface area contributed by atoms with E-state index in [2.05, 4.69) is 14.6 Å². The van der Waals surface area contributed by atoms with Gasteiger partial charge in [-0.1, -0.05) is 35.9 Å². The van der Waals surface area contributed by atoms with E-state index in [0.29, 0.717) is 0 Å². The number of carbonyl (C=O) groups is 1. The van der Waals surface area contributed by atoms with Crippen LogP contribution in [0.1, 0.15) is 12.5 Å². The molecule has 0 unspecified atom stereocenters. The van der Waals surface area contributed by atoms with Crippen LogP contribution in [0.5, 0.6) is 5.75 Å². The van der Waals surface area contributed by atoms with Gasteiger partial charge >= 0.3 is 6.29 Å². The first-order valence-corrected chi connectivity index (χ1v) is 12.9. The Bertz CT molecular complexity index is 1720. The maximum absolute atomic E-state index is 13.5. The first kappa shape index (κ1) is 25.8. The zero-order valence-electron chi connectivity index (χ0n) is 19.5. The van der Waals surface area contributed by atoms with Gasteiger partial charge in [-0.15, -0.1) is 8.78 Å². The molecule has 197 valence electrons.